The lowest BCUT2D eigenvalue weighted by molar-refractivity contribution is -0.136. The molecule has 1 aromatic carbocycles. The normalized spacial score (nSPS) is 11.7. The van der Waals surface area contributed by atoms with Gasteiger partial charge in [0.1, 0.15) is 0 Å². The highest BCUT2D eigenvalue weighted by Crippen LogP contribution is 2.32. The number of aliphatic carboxylic acids is 1. The molecule has 0 aliphatic heterocycles. The minimum absolute atomic E-state index is 0.00627. The van der Waals surface area contributed by atoms with E-state index in [0.717, 1.165) is 0 Å². The highest BCUT2D eigenvalue weighted by Gasteiger charge is 2.25. The molecular weight excluding hydrogens is 238 g/mol. The van der Waals surface area contributed by atoms with Crippen molar-refractivity contribution in [2.45, 2.75) is 47.0 Å². The lowest BCUT2D eigenvalue weighted by Crippen LogP contribution is -2.37. The summed E-state index contributed by atoms with van der Waals surface area (Å²) in [5.41, 5.74) is 6.47. The van der Waals surface area contributed by atoms with Gasteiger partial charge in [0.25, 0.3) is 0 Å². The number of hydrogen-bond acceptors (Lipinski definition) is 2. The fourth-order valence-electron chi connectivity index (χ4n) is 2.80. The van der Waals surface area contributed by atoms with Gasteiger partial charge in [-0.15, -0.1) is 0 Å². The van der Waals surface area contributed by atoms with Gasteiger partial charge in [0.15, 0.2) is 0 Å². The third-order valence-electron chi connectivity index (χ3n) is 3.89. The van der Waals surface area contributed by atoms with E-state index in [1.807, 2.05) is 0 Å². The van der Waals surface area contributed by atoms with Crippen LogP contribution in [0.2, 0.25) is 0 Å². The SMILES string of the molecule is Cc1cc(C)c(C)c(C(C)(C)CNCC(=O)O)c1C. The number of aryl methyl sites for hydroxylation is 2. The quantitative estimate of drug-likeness (QED) is 0.859. The van der Waals surface area contributed by atoms with E-state index >= 15 is 0 Å². The third kappa shape index (κ3) is 3.57. The summed E-state index contributed by atoms with van der Waals surface area (Å²) in [6.45, 7) is 13.5. The number of rotatable bonds is 5. The van der Waals surface area contributed by atoms with Gasteiger partial charge in [0, 0.05) is 12.0 Å². The summed E-state index contributed by atoms with van der Waals surface area (Å²) >= 11 is 0. The number of benzene rings is 1. The van der Waals surface area contributed by atoms with Gasteiger partial charge in [0.05, 0.1) is 6.54 Å². The highest BCUT2D eigenvalue weighted by molar-refractivity contribution is 5.69. The molecule has 0 bridgehead atoms. The molecule has 0 fully saturated rings. The molecule has 2 N–H and O–H groups in total. The van der Waals surface area contributed by atoms with Crippen molar-refractivity contribution in [3.63, 3.8) is 0 Å². The Morgan fingerprint density at radius 3 is 2.05 bits per heavy atom. The summed E-state index contributed by atoms with van der Waals surface area (Å²) in [6.07, 6.45) is 0. The molecule has 0 atom stereocenters. The Bertz CT molecular complexity index is 464. The first-order chi connectivity index (χ1) is 8.66. The monoisotopic (exact) mass is 263 g/mol. The van der Waals surface area contributed by atoms with Crippen molar-refractivity contribution in [3.05, 3.63) is 33.9 Å². The van der Waals surface area contributed by atoms with E-state index in [-0.39, 0.29) is 12.0 Å². The summed E-state index contributed by atoms with van der Waals surface area (Å²) in [5, 5.41) is 11.7. The maximum absolute atomic E-state index is 10.6. The second-order valence-corrected chi connectivity index (χ2v) is 6.02. The molecule has 0 aromatic heterocycles. The Balaban J connectivity index is 3.10. The lowest BCUT2D eigenvalue weighted by Gasteiger charge is -2.31. The molecule has 1 aromatic rings. The van der Waals surface area contributed by atoms with Crippen LogP contribution in [0.15, 0.2) is 6.07 Å². The van der Waals surface area contributed by atoms with E-state index < -0.39 is 5.97 Å². The van der Waals surface area contributed by atoms with Gasteiger partial charge >= 0.3 is 5.97 Å². The van der Waals surface area contributed by atoms with Crippen LogP contribution in [0, 0.1) is 27.7 Å². The summed E-state index contributed by atoms with van der Waals surface area (Å²) in [4.78, 5) is 10.6. The molecule has 0 saturated carbocycles. The number of carbonyl (C=O) groups is 1. The van der Waals surface area contributed by atoms with Crippen molar-refractivity contribution in [1.82, 2.24) is 5.32 Å². The predicted molar refractivity (Wildman–Crippen MR) is 78.9 cm³/mol. The van der Waals surface area contributed by atoms with Gasteiger partial charge in [-0.3, -0.25) is 4.79 Å². The van der Waals surface area contributed by atoms with Crippen molar-refractivity contribution in [3.8, 4) is 0 Å². The molecule has 3 nitrogen and oxygen atoms in total. The summed E-state index contributed by atoms with van der Waals surface area (Å²) < 4.78 is 0. The van der Waals surface area contributed by atoms with Gasteiger partial charge in [0.2, 0.25) is 0 Å². The molecule has 0 spiro atoms. The van der Waals surface area contributed by atoms with Gasteiger partial charge in [-0.05, 0) is 55.5 Å². The molecule has 0 amide bonds. The molecule has 1 rings (SSSR count). The first kappa shape index (κ1) is 15.7. The summed E-state index contributed by atoms with van der Waals surface area (Å²) in [7, 11) is 0. The van der Waals surface area contributed by atoms with E-state index in [0.29, 0.717) is 6.54 Å². The summed E-state index contributed by atoms with van der Waals surface area (Å²) in [6, 6.07) is 2.22. The molecule has 19 heavy (non-hydrogen) atoms. The molecule has 0 saturated heterocycles. The second kappa shape index (κ2) is 5.74. The maximum Gasteiger partial charge on any atom is 0.317 e. The molecule has 0 aliphatic carbocycles. The zero-order valence-electron chi connectivity index (χ0n) is 12.8. The van der Waals surface area contributed by atoms with Crippen LogP contribution in [0.3, 0.4) is 0 Å². The minimum Gasteiger partial charge on any atom is -0.480 e. The van der Waals surface area contributed by atoms with Crippen LogP contribution in [0.1, 0.15) is 41.7 Å². The van der Waals surface area contributed by atoms with Crippen LogP contribution in [0.5, 0.6) is 0 Å². The minimum atomic E-state index is -0.815. The zero-order chi connectivity index (χ0) is 14.8. The van der Waals surface area contributed by atoms with E-state index in [1.165, 1.54) is 27.8 Å². The number of carboxylic acids is 1. The first-order valence-electron chi connectivity index (χ1n) is 6.67. The topological polar surface area (TPSA) is 49.3 Å². The van der Waals surface area contributed by atoms with Crippen molar-refractivity contribution in [2.24, 2.45) is 0 Å². The summed E-state index contributed by atoms with van der Waals surface area (Å²) in [5.74, 6) is -0.815. The Morgan fingerprint density at radius 2 is 1.63 bits per heavy atom. The number of carboxylic acid groups (broad SMARTS) is 1. The number of nitrogens with one attached hydrogen (secondary N) is 1. The van der Waals surface area contributed by atoms with Crippen LogP contribution >= 0.6 is 0 Å². The lowest BCUT2D eigenvalue weighted by atomic mass is 9.77. The van der Waals surface area contributed by atoms with Crippen molar-refractivity contribution < 1.29 is 9.90 Å². The standard InChI is InChI=1S/C16H25NO2/c1-10-7-11(2)13(4)15(12(10)3)16(5,6)9-17-8-14(18)19/h7,17H,8-9H2,1-6H3,(H,18,19). The second-order valence-electron chi connectivity index (χ2n) is 6.02. The Morgan fingerprint density at radius 1 is 1.16 bits per heavy atom. The Hall–Kier alpha value is -1.35. The largest absolute Gasteiger partial charge is 0.480 e. The van der Waals surface area contributed by atoms with Gasteiger partial charge < -0.3 is 10.4 Å². The van der Waals surface area contributed by atoms with Crippen LogP contribution in [-0.2, 0) is 10.2 Å². The van der Waals surface area contributed by atoms with Gasteiger partial charge in [-0.2, -0.15) is 0 Å². The Kier molecular flexibility index (Phi) is 4.75. The highest BCUT2D eigenvalue weighted by atomic mass is 16.4. The molecule has 0 radical (unpaired) electrons. The van der Waals surface area contributed by atoms with E-state index in [2.05, 4.69) is 52.9 Å². The number of hydrogen-bond donors (Lipinski definition) is 2. The van der Waals surface area contributed by atoms with E-state index in [9.17, 15) is 4.79 Å². The fourth-order valence-corrected chi connectivity index (χ4v) is 2.80. The molecule has 3 heteroatoms. The first-order valence-corrected chi connectivity index (χ1v) is 6.67. The average molecular weight is 263 g/mol. The molecule has 0 aliphatic rings. The third-order valence-corrected chi connectivity index (χ3v) is 3.89. The smallest absolute Gasteiger partial charge is 0.317 e. The van der Waals surface area contributed by atoms with Crippen LogP contribution < -0.4 is 5.32 Å². The average Bonchev–Trinajstić information content (AvgIpc) is 2.25. The fraction of sp³-hybridized carbons (Fsp3) is 0.562. The maximum atomic E-state index is 10.6. The Labute approximate surface area is 116 Å². The van der Waals surface area contributed by atoms with Crippen molar-refractivity contribution in [2.75, 3.05) is 13.1 Å². The molecule has 0 unspecified atom stereocenters. The van der Waals surface area contributed by atoms with Crippen LogP contribution in [-0.4, -0.2) is 24.2 Å². The predicted octanol–water partition coefficient (Wildman–Crippen LogP) is 2.87. The van der Waals surface area contributed by atoms with Gasteiger partial charge in [-0.25, -0.2) is 0 Å². The molecule has 0 heterocycles. The van der Waals surface area contributed by atoms with E-state index in [1.54, 1.807) is 0 Å². The molecular formula is C16H25NO2. The zero-order valence-corrected chi connectivity index (χ0v) is 12.8. The van der Waals surface area contributed by atoms with Crippen molar-refractivity contribution >= 4 is 5.97 Å². The van der Waals surface area contributed by atoms with Gasteiger partial charge in [-0.1, -0.05) is 19.9 Å². The van der Waals surface area contributed by atoms with Crippen LogP contribution in [0.25, 0.3) is 0 Å². The molecule has 106 valence electrons. The van der Waals surface area contributed by atoms with Crippen molar-refractivity contribution in [1.29, 1.82) is 0 Å². The van der Waals surface area contributed by atoms with E-state index in [4.69, 9.17) is 5.11 Å². The van der Waals surface area contributed by atoms with Crippen LogP contribution in [0.4, 0.5) is 0 Å².